The van der Waals surface area contributed by atoms with Crippen LogP contribution in [0.1, 0.15) is 21.7 Å². The number of amides is 1. The summed E-state index contributed by atoms with van der Waals surface area (Å²) in [5.41, 5.74) is 7.84. The molecule has 1 heterocycles. The Morgan fingerprint density at radius 1 is 1.48 bits per heavy atom. The third kappa shape index (κ3) is 3.63. The van der Waals surface area contributed by atoms with Gasteiger partial charge in [0.05, 0.1) is 17.9 Å². The molecule has 1 aromatic carbocycles. The lowest BCUT2D eigenvalue weighted by Gasteiger charge is -2.08. The Hall–Kier alpha value is -2.29. The van der Waals surface area contributed by atoms with Crippen LogP contribution in [0.2, 0.25) is 5.02 Å². The molecule has 0 aliphatic heterocycles. The number of halogens is 1. The second kappa shape index (κ2) is 6.44. The summed E-state index contributed by atoms with van der Waals surface area (Å²) in [6, 6.07) is 6.81. The van der Waals surface area contributed by atoms with E-state index in [1.54, 1.807) is 31.3 Å². The lowest BCUT2D eigenvalue weighted by Crippen LogP contribution is -2.16. The predicted molar refractivity (Wildman–Crippen MR) is 83.3 cm³/mol. The number of carbonyl (C=O) groups is 1. The SMILES string of the molecule is Cc1cc(C(=O)Nc2ccc(Cl)cc2C#CCN)n(C)n1. The molecule has 0 spiro atoms. The van der Waals surface area contributed by atoms with Crippen LogP contribution in [-0.4, -0.2) is 22.2 Å². The number of rotatable bonds is 2. The Morgan fingerprint density at radius 3 is 2.86 bits per heavy atom. The van der Waals surface area contributed by atoms with Gasteiger partial charge in [-0.05, 0) is 31.2 Å². The van der Waals surface area contributed by atoms with Crippen molar-refractivity contribution in [2.75, 3.05) is 11.9 Å². The van der Waals surface area contributed by atoms with E-state index in [1.165, 1.54) is 4.68 Å². The Bertz CT molecular complexity index is 740. The number of benzene rings is 1. The van der Waals surface area contributed by atoms with Crippen LogP contribution >= 0.6 is 11.6 Å². The van der Waals surface area contributed by atoms with Gasteiger partial charge in [-0.25, -0.2) is 0 Å². The van der Waals surface area contributed by atoms with E-state index in [-0.39, 0.29) is 12.5 Å². The van der Waals surface area contributed by atoms with Gasteiger partial charge in [0.15, 0.2) is 0 Å². The highest BCUT2D eigenvalue weighted by Crippen LogP contribution is 2.20. The first-order chi connectivity index (χ1) is 10.0. The highest BCUT2D eigenvalue weighted by molar-refractivity contribution is 6.30. The second-order valence-corrected chi connectivity index (χ2v) is 4.88. The molecule has 0 saturated carbocycles. The number of anilines is 1. The molecule has 1 aromatic heterocycles. The number of aryl methyl sites for hydroxylation is 2. The fourth-order valence-corrected chi connectivity index (χ4v) is 2.06. The molecule has 0 radical (unpaired) electrons. The van der Waals surface area contributed by atoms with Crippen molar-refractivity contribution >= 4 is 23.2 Å². The molecule has 0 fully saturated rings. The number of hydrogen-bond acceptors (Lipinski definition) is 3. The monoisotopic (exact) mass is 302 g/mol. The van der Waals surface area contributed by atoms with Crippen LogP contribution in [0.4, 0.5) is 5.69 Å². The Morgan fingerprint density at radius 2 is 2.24 bits per heavy atom. The summed E-state index contributed by atoms with van der Waals surface area (Å²) in [5, 5.41) is 7.51. The molecule has 1 amide bonds. The van der Waals surface area contributed by atoms with Crippen molar-refractivity contribution in [2.24, 2.45) is 12.8 Å². The molecule has 2 aromatic rings. The summed E-state index contributed by atoms with van der Waals surface area (Å²) in [7, 11) is 1.72. The van der Waals surface area contributed by atoms with Gasteiger partial charge in [0.1, 0.15) is 5.69 Å². The maximum atomic E-state index is 12.3. The predicted octanol–water partition coefficient (Wildman–Crippen LogP) is 1.94. The van der Waals surface area contributed by atoms with E-state index in [1.807, 2.05) is 6.92 Å². The molecule has 0 bridgehead atoms. The average molecular weight is 303 g/mol. The highest BCUT2D eigenvalue weighted by Gasteiger charge is 2.13. The minimum atomic E-state index is -0.253. The Labute approximate surface area is 128 Å². The van der Waals surface area contributed by atoms with Crippen molar-refractivity contribution in [3.8, 4) is 11.8 Å². The molecule has 3 N–H and O–H groups in total. The standard InChI is InChI=1S/C15H15ClN4O/c1-10-8-14(20(2)19-10)15(21)18-13-6-5-12(16)9-11(13)4-3-7-17/h5-6,8-9H,7,17H2,1-2H3,(H,18,21). The largest absolute Gasteiger partial charge is 0.320 e. The normalized spacial score (nSPS) is 9.90. The second-order valence-electron chi connectivity index (χ2n) is 4.44. The van der Waals surface area contributed by atoms with E-state index in [4.69, 9.17) is 17.3 Å². The zero-order valence-corrected chi connectivity index (χ0v) is 12.5. The van der Waals surface area contributed by atoms with E-state index in [0.717, 1.165) is 5.69 Å². The zero-order chi connectivity index (χ0) is 15.4. The lowest BCUT2D eigenvalue weighted by atomic mass is 10.1. The lowest BCUT2D eigenvalue weighted by molar-refractivity contribution is 0.101. The Kier molecular flexibility index (Phi) is 4.63. The van der Waals surface area contributed by atoms with Crippen LogP contribution in [0, 0.1) is 18.8 Å². The number of nitrogens with one attached hydrogen (secondary N) is 1. The minimum Gasteiger partial charge on any atom is -0.320 e. The van der Waals surface area contributed by atoms with Crippen molar-refractivity contribution in [1.29, 1.82) is 0 Å². The van der Waals surface area contributed by atoms with Crippen molar-refractivity contribution in [2.45, 2.75) is 6.92 Å². The molecular weight excluding hydrogens is 288 g/mol. The molecule has 0 aliphatic carbocycles. The maximum absolute atomic E-state index is 12.3. The molecular formula is C15H15ClN4O. The summed E-state index contributed by atoms with van der Waals surface area (Å²) in [6.07, 6.45) is 0. The number of nitrogens with zero attached hydrogens (tertiary/aromatic N) is 2. The molecule has 0 atom stereocenters. The summed E-state index contributed by atoms with van der Waals surface area (Å²) >= 11 is 5.95. The number of hydrogen-bond donors (Lipinski definition) is 2. The van der Waals surface area contributed by atoms with Gasteiger partial charge in [0.2, 0.25) is 0 Å². The molecule has 108 valence electrons. The topological polar surface area (TPSA) is 72.9 Å². The van der Waals surface area contributed by atoms with Crippen molar-refractivity contribution < 1.29 is 4.79 Å². The van der Waals surface area contributed by atoms with Gasteiger partial charge < -0.3 is 11.1 Å². The molecule has 0 saturated heterocycles. The first-order valence-electron chi connectivity index (χ1n) is 6.31. The molecule has 2 rings (SSSR count). The molecule has 6 heteroatoms. The quantitative estimate of drug-likeness (QED) is 0.833. The van der Waals surface area contributed by atoms with Crippen LogP contribution in [-0.2, 0) is 7.05 Å². The van der Waals surface area contributed by atoms with Gasteiger partial charge in [0.25, 0.3) is 5.91 Å². The first-order valence-corrected chi connectivity index (χ1v) is 6.69. The smallest absolute Gasteiger partial charge is 0.273 e. The van der Waals surface area contributed by atoms with E-state index < -0.39 is 0 Å². The first kappa shape index (κ1) is 15.1. The number of aromatic nitrogens is 2. The number of nitrogens with two attached hydrogens (primary N) is 1. The summed E-state index contributed by atoms with van der Waals surface area (Å²) in [4.78, 5) is 12.3. The van der Waals surface area contributed by atoms with Gasteiger partial charge in [-0.2, -0.15) is 5.10 Å². The fourth-order valence-electron chi connectivity index (χ4n) is 1.88. The summed E-state index contributed by atoms with van der Waals surface area (Å²) < 4.78 is 1.53. The average Bonchev–Trinajstić information content (AvgIpc) is 2.78. The third-order valence-corrected chi connectivity index (χ3v) is 3.02. The minimum absolute atomic E-state index is 0.237. The van der Waals surface area contributed by atoms with Crippen LogP contribution in [0.3, 0.4) is 0 Å². The van der Waals surface area contributed by atoms with Crippen LogP contribution in [0.5, 0.6) is 0 Å². The van der Waals surface area contributed by atoms with Crippen LogP contribution in [0.15, 0.2) is 24.3 Å². The van der Waals surface area contributed by atoms with E-state index in [2.05, 4.69) is 22.3 Å². The van der Waals surface area contributed by atoms with Gasteiger partial charge in [-0.3, -0.25) is 9.48 Å². The van der Waals surface area contributed by atoms with E-state index >= 15 is 0 Å². The van der Waals surface area contributed by atoms with Gasteiger partial charge in [-0.1, -0.05) is 23.4 Å². The summed E-state index contributed by atoms with van der Waals surface area (Å²) in [6.45, 7) is 2.07. The maximum Gasteiger partial charge on any atom is 0.273 e. The number of carbonyl (C=O) groups excluding carboxylic acids is 1. The van der Waals surface area contributed by atoms with Gasteiger partial charge in [0, 0.05) is 17.6 Å². The van der Waals surface area contributed by atoms with Crippen molar-refractivity contribution in [3.05, 3.63) is 46.2 Å². The summed E-state index contributed by atoms with van der Waals surface area (Å²) in [5.74, 6) is 5.39. The molecule has 21 heavy (non-hydrogen) atoms. The Balaban J connectivity index is 2.31. The van der Waals surface area contributed by atoms with E-state index in [9.17, 15) is 4.79 Å². The van der Waals surface area contributed by atoms with Crippen molar-refractivity contribution in [1.82, 2.24) is 9.78 Å². The molecule has 0 aliphatic rings. The van der Waals surface area contributed by atoms with E-state index in [0.29, 0.717) is 22.0 Å². The van der Waals surface area contributed by atoms with Crippen molar-refractivity contribution in [3.63, 3.8) is 0 Å². The van der Waals surface area contributed by atoms with Crippen LogP contribution < -0.4 is 11.1 Å². The van der Waals surface area contributed by atoms with Gasteiger partial charge >= 0.3 is 0 Å². The third-order valence-electron chi connectivity index (χ3n) is 2.79. The zero-order valence-electron chi connectivity index (χ0n) is 11.8. The highest BCUT2D eigenvalue weighted by atomic mass is 35.5. The fraction of sp³-hybridized carbons (Fsp3) is 0.200. The van der Waals surface area contributed by atoms with Crippen LogP contribution in [0.25, 0.3) is 0 Å². The van der Waals surface area contributed by atoms with Gasteiger partial charge in [-0.15, -0.1) is 0 Å². The molecule has 5 nitrogen and oxygen atoms in total. The molecule has 0 unspecified atom stereocenters.